The van der Waals surface area contributed by atoms with E-state index in [4.69, 9.17) is 4.42 Å². The van der Waals surface area contributed by atoms with Crippen molar-refractivity contribution in [3.63, 3.8) is 0 Å². The highest BCUT2D eigenvalue weighted by Crippen LogP contribution is 2.22. The van der Waals surface area contributed by atoms with Gasteiger partial charge in [0, 0.05) is 24.1 Å². The topological polar surface area (TPSA) is 99.8 Å². The zero-order valence-corrected chi connectivity index (χ0v) is 11.8. The number of carbonyl (C=O) groups is 1. The molecule has 1 heterocycles. The quantitative estimate of drug-likeness (QED) is 0.727. The molecular formula is C15H17NO5. The van der Waals surface area contributed by atoms with Gasteiger partial charge in [0.15, 0.2) is 0 Å². The molecule has 1 aromatic carbocycles. The van der Waals surface area contributed by atoms with Crippen LogP contribution in [0.1, 0.15) is 25.8 Å². The number of carboxylic acid groups (broad SMARTS) is 1. The van der Waals surface area contributed by atoms with Crippen molar-refractivity contribution < 1.29 is 19.4 Å². The van der Waals surface area contributed by atoms with Crippen LogP contribution in [0.4, 0.5) is 0 Å². The number of aromatic hydroxyl groups is 1. The Kier molecular flexibility index (Phi) is 3.99. The summed E-state index contributed by atoms with van der Waals surface area (Å²) in [6.07, 6.45) is 0.405. The van der Waals surface area contributed by atoms with Crippen LogP contribution in [0.5, 0.6) is 5.75 Å². The van der Waals surface area contributed by atoms with Gasteiger partial charge in [0.05, 0.1) is 0 Å². The van der Waals surface area contributed by atoms with Crippen LogP contribution in [0, 0.1) is 0 Å². The van der Waals surface area contributed by atoms with E-state index in [0.29, 0.717) is 17.4 Å². The summed E-state index contributed by atoms with van der Waals surface area (Å²) < 4.78 is 5.03. The largest absolute Gasteiger partial charge is 0.508 e. The van der Waals surface area contributed by atoms with Crippen LogP contribution in [0.2, 0.25) is 0 Å². The van der Waals surface area contributed by atoms with Crippen molar-refractivity contribution in [2.24, 2.45) is 0 Å². The lowest BCUT2D eigenvalue weighted by molar-refractivity contribution is -0.144. The molecular weight excluding hydrogens is 274 g/mol. The first kappa shape index (κ1) is 15.1. The fraction of sp³-hybridized carbons (Fsp3) is 0.333. The Balaban J connectivity index is 2.39. The number of phenols is 1. The van der Waals surface area contributed by atoms with Gasteiger partial charge in [-0.25, -0.2) is 4.79 Å². The van der Waals surface area contributed by atoms with E-state index in [2.05, 4.69) is 5.32 Å². The van der Waals surface area contributed by atoms with Gasteiger partial charge in [0.2, 0.25) is 0 Å². The Labute approximate surface area is 121 Å². The number of hydrogen-bond donors (Lipinski definition) is 3. The van der Waals surface area contributed by atoms with E-state index in [1.807, 2.05) is 0 Å². The average molecular weight is 291 g/mol. The van der Waals surface area contributed by atoms with Crippen molar-refractivity contribution in [3.8, 4) is 5.75 Å². The number of aliphatic carboxylic acids is 1. The summed E-state index contributed by atoms with van der Waals surface area (Å²) in [6, 6.07) is 5.80. The molecule has 0 bridgehead atoms. The second kappa shape index (κ2) is 5.57. The highest BCUT2D eigenvalue weighted by molar-refractivity contribution is 5.82. The Morgan fingerprint density at radius 3 is 2.71 bits per heavy atom. The molecule has 0 saturated heterocycles. The van der Waals surface area contributed by atoms with Gasteiger partial charge in [-0.1, -0.05) is 6.92 Å². The maximum Gasteiger partial charge on any atom is 0.336 e. The third kappa shape index (κ3) is 3.05. The number of rotatable bonds is 5. The molecule has 2 aromatic rings. The van der Waals surface area contributed by atoms with E-state index < -0.39 is 17.1 Å². The van der Waals surface area contributed by atoms with E-state index in [9.17, 15) is 19.8 Å². The van der Waals surface area contributed by atoms with Gasteiger partial charge in [-0.2, -0.15) is 0 Å². The minimum Gasteiger partial charge on any atom is -0.508 e. The average Bonchev–Trinajstić information content (AvgIpc) is 2.43. The number of carboxylic acids is 1. The molecule has 0 aliphatic carbocycles. The molecule has 1 unspecified atom stereocenters. The van der Waals surface area contributed by atoms with Crippen LogP contribution >= 0.6 is 0 Å². The minimum absolute atomic E-state index is 0.000285. The Morgan fingerprint density at radius 2 is 2.10 bits per heavy atom. The SMILES string of the molecule is CCC(C)(NCc1cc(=O)oc2cc(O)ccc12)C(=O)O. The maximum absolute atomic E-state index is 11.6. The highest BCUT2D eigenvalue weighted by atomic mass is 16.4. The van der Waals surface area contributed by atoms with Gasteiger partial charge in [0.25, 0.3) is 0 Å². The fourth-order valence-corrected chi connectivity index (χ4v) is 2.01. The van der Waals surface area contributed by atoms with E-state index in [1.54, 1.807) is 19.9 Å². The van der Waals surface area contributed by atoms with Gasteiger partial charge in [0.1, 0.15) is 16.9 Å². The standard InChI is InChI=1S/C15H17NO5/c1-3-15(2,14(19)20)16-8-9-6-13(18)21-12-7-10(17)4-5-11(9)12/h4-7,16-17H,3,8H2,1-2H3,(H,19,20). The minimum atomic E-state index is -1.07. The zero-order valence-electron chi connectivity index (χ0n) is 11.8. The summed E-state index contributed by atoms with van der Waals surface area (Å²) in [4.78, 5) is 22.8. The molecule has 0 aliphatic rings. The van der Waals surface area contributed by atoms with Crippen molar-refractivity contribution in [3.05, 3.63) is 40.2 Å². The van der Waals surface area contributed by atoms with Crippen molar-refractivity contribution in [1.29, 1.82) is 0 Å². The molecule has 0 spiro atoms. The number of hydrogen-bond acceptors (Lipinski definition) is 5. The van der Waals surface area contributed by atoms with E-state index in [-0.39, 0.29) is 17.9 Å². The smallest absolute Gasteiger partial charge is 0.336 e. The van der Waals surface area contributed by atoms with Gasteiger partial charge in [-0.3, -0.25) is 10.1 Å². The molecule has 0 fully saturated rings. The molecule has 0 aliphatic heterocycles. The van der Waals surface area contributed by atoms with Crippen LogP contribution in [-0.2, 0) is 11.3 Å². The summed E-state index contributed by atoms with van der Waals surface area (Å²) in [7, 11) is 0. The maximum atomic E-state index is 11.6. The normalized spacial score (nSPS) is 14.0. The van der Waals surface area contributed by atoms with Crippen LogP contribution in [0.15, 0.2) is 33.5 Å². The molecule has 6 heteroatoms. The molecule has 21 heavy (non-hydrogen) atoms. The van der Waals surface area contributed by atoms with Crippen molar-refractivity contribution in [2.75, 3.05) is 0 Å². The Hall–Kier alpha value is -2.34. The second-order valence-electron chi connectivity index (χ2n) is 5.12. The number of fused-ring (bicyclic) bond motifs is 1. The van der Waals surface area contributed by atoms with Gasteiger partial charge in [-0.15, -0.1) is 0 Å². The summed E-state index contributed by atoms with van der Waals surface area (Å²) >= 11 is 0. The highest BCUT2D eigenvalue weighted by Gasteiger charge is 2.30. The molecule has 2 rings (SSSR count). The third-order valence-corrected chi connectivity index (χ3v) is 3.66. The molecule has 112 valence electrons. The summed E-state index contributed by atoms with van der Waals surface area (Å²) in [6.45, 7) is 3.58. The Morgan fingerprint density at radius 1 is 1.38 bits per heavy atom. The lowest BCUT2D eigenvalue weighted by Gasteiger charge is -2.24. The molecule has 0 amide bonds. The first-order chi connectivity index (χ1) is 9.85. The van der Waals surface area contributed by atoms with Gasteiger partial charge >= 0.3 is 11.6 Å². The number of nitrogens with one attached hydrogen (secondary N) is 1. The fourth-order valence-electron chi connectivity index (χ4n) is 2.01. The summed E-state index contributed by atoms with van der Waals surface area (Å²) in [5.41, 5.74) is -0.715. The van der Waals surface area contributed by atoms with Crippen molar-refractivity contribution in [1.82, 2.24) is 5.32 Å². The first-order valence-corrected chi connectivity index (χ1v) is 6.60. The predicted octanol–water partition coefficient (Wildman–Crippen LogP) is 1.84. The lowest BCUT2D eigenvalue weighted by atomic mass is 9.98. The predicted molar refractivity (Wildman–Crippen MR) is 77.3 cm³/mol. The monoisotopic (exact) mass is 291 g/mol. The van der Waals surface area contributed by atoms with Crippen LogP contribution in [0.25, 0.3) is 11.0 Å². The first-order valence-electron chi connectivity index (χ1n) is 6.60. The van der Waals surface area contributed by atoms with E-state index in [0.717, 1.165) is 0 Å². The van der Waals surface area contributed by atoms with Gasteiger partial charge < -0.3 is 14.6 Å². The van der Waals surface area contributed by atoms with Crippen molar-refractivity contribution in [2.45, 2.75) is 32.4 Å². The van der Waals surface area contributed by atoms with Crippen LogP contribution < -0.4 is 10.9 Å². The molecule has 1 atom stereocenters. The Bertz CT molecular complexity index is 736. The molecule has 1 aromatic heterocycles. The summed E-state index contributed by atoms with van der Waals surface area (Å²) in [5.74, 6) is -0.949. The van der Waals surface area contributed by atoms with Crippen molar-refractivity contribution >= 4 is 16.9 Å². The molecule has 3 N–H and O–H groups in total. The second-order valence-corrected chi connectivity index (χ2v) is 5.12. The van der Waals surface area contributed by atoms with E-state index >= 15 is 0 Å². The van der Waals surface area contributed by atoms with E-state index in [1.165, 1.54) is 18.2 Å². The van der Waals surface area contributed by atoms with Gasteiger partial charge in [-0.05, 0) is 31.0 Å². The molecule has 6 nitrogen and oxygen atoms in total. The zero-order chi connectivity index (χ0) is 15.6. The molecule has 0 saturated carbocycles. The number of phenolic OH excluding ortho intramolecular Hbond substituents is 1. The van der Waals surface area contributed by atoms with Crippen LogP contribution in [-0.4, -0.2) is 21.7 Å². The third-order valence-electron chi connectivity index (χ3n) is 3.66. The molecule has 0 radical (unpaired) electrons. The lowest BCUT2D eigenvalue weighted by Crippen LogP contribution is -2.48. The summed E-state index contributed by atoms with van der Waals surface area (Å²) in [5, 5.41) is 22.3. The van der Waals surface area contributed by atoms with Crippen LogP contribution in [0.3, 0.4) is 0 Å². The number of benzene rings is 1.